The summed E-state index contributed by atoms with van der Waals surface area (Å²) in [6, 6.07) is 8.27. The van der Waals surface area contributed by atoms with Crippen molar-refractivity contribution >= 4 is 44.7 Å². The van der Waals surface area contributed by atoms with Crippen molar-refractivity contribution in [3.05, 3.63) is 44.1 Å². The van der Waals surface area contributed by atoms with Crippen molar-refractivity contribution in [3.63, 3.8) is 0 Å². The average molecular weight is 300 g/mol. The Morgan fingerprint density at radius 2 is 1.73 bits per heavy atom. The first-order chi connectivity index (χ1) is 7.16. The second kappa shape index (κ2) is 4.76. The summed E-state index contributed by atoms with van der Waals surface area (Å²) >= 11 is 6.74. The molecule has 1 aliphatic rings. The van der Waals surface area contributed by atoms with Gasteiger partial charge in [0.25, 0.3) is 0 Å². The molecule has 0 spiro atoms. The van der Waals surface area contributed by atoms with Crippen molar-refractivity contribution < 1.29 is 0 Å². The molecule has 1 aliphatic heterocycles. The first-order valence-corrected chi connectivity index (χ1v) is 6.91. The summed E-state index contributed by atoms with van der Waals surface area (Å²) in [5, 5.41) is 1.09. The third-order valence-corrected chi connectivity index (χ3v) is 4.86. The van der Waals surface area contributed by atoms with Crippen LogP contribution in [0.5, 0.6) is 0 Å². The van der Waals surface area contributed by atoms with Gasteiger partial charge in [-0.1, -0.05) is 39.8 Å². The van der Waals surface area contributed by atoms with Gasteiger partial charge >= 0.3 is 0 Å². The number of hydrogen-bond acceptors (Lipinski definition) is 3. The van der Waals surface area contributed by atoms with Gasteiger partial charge in [-0.2, -0.15) is 0 Å². The SMILES string of the molecule is CC1=C(C)SC(c2ccc(Br)cc2)=NS1. The summed E-state index contributed by atoms with van der Waals surface area (Å²) < 4.78 is 5.58. The fourth-order valence-corrected chi connectivity index (χ4v) is 3.02. The third kappa shape index (κ3) is 2.68. The maximum atomic E-state index is 4.48. The predicted octanol–water partition coefficient (Wildman–Crippen LogP) is 4.84. The topological polar surface area (TPSA) is 12.4 Å². The smallest absolute Gasteiger partial charge is 0.116 e. The van der Waals surface area contributed by atoms with E-state index in [4.69, 9.17) is 0 Å². The first-order valence-electron chi connectivity index (χ1n) is 4.53. The Morgan fingerprint density at radius 3 is 2.33 bits per heavy atom. The second-order valence-corrected chi connectivity index (χ2v) is 6.31. The van der Waals surface area contributed by atoms with Crippen LogP contribution in [-0.4, -0.2) is 5.04 Å². The lowest BCUT2D eigenvalue weighted by Gasteiger charge is -2.13. The van der Waals surface area contributed by atoms with E-state index in [-0.39, 0.29) is 0 Å². The highest BCUT2D eigenvalue weighted by atomic mass is 79.9. The van der Waals surface area contributed by atoms with E-state index >= 15 is 0 Å². The average Bonchev–Trinajstić information content (AvgIpc) is 2.23. The Morgan fingerprint density at radius 1 is 1.07 bits per heavy atom. The molecule has 0 atom stereocenters. The van der Waals surface area contributed by atoms with E-state index in [1.807, 2.05) is 12.1 Å². The molecule has 1 heterocycles. The van der Waals surface area contributed by atoms with Gasteiger partial charge in [0.15, 0.2) is 0 Å². The van der Waals surface area contributed by atoms with Crippen LogP contribution in [0.1, 0.15) is 19.4 Å². The summed E-state index contributed by atoms with van der Waals surface area (Å²) in [5.74, 6) is 0. The van der Waals surface area contributed by atoms with Crippen LogP contribution >= 0.6 is 39.6 Å². The lowest BCUT2D eigenvalue weighted by atomic mass is 10.2. The maximum absolute atomic E-state index is 4.48. The van der Waals surface area contributed by atoms with Gasteiger partial charge in [-0.25, -0.2) is 4.40 Å². The first kappa shape index (κ1) is 11.3. The van der Waals surface area contributed by atoms with Crippen LogP contribution in [0.3, 0.4) is 0 Å². The summed E-state index contributed by atoms with van der Waals surface area (Å²) in [6.45, 7) is 4.25. The summed E-state index contributed by atoms with van der Waals surface area (Å²) in [5.41, 5.74) is 1.18. The molecular weight excluding hydrogens is 290 g/mol. The van der Waals surface area contributed by atoms with Crippen LogP contribution in [0, 0.1) is 0 Å². The molecule has 4 heteroatoms. The molecule has 0 saturated carbocycles. The van der Waals surface area contributed by atoms with Crippen molar-refractivity contribution in [2.75, 3.05) is 0 Å². The van der Waals surface area contributed by atoms with E-state index in [1.54, 1.807) is 23.7 Å². The molecule has 1 aromatic carbocycles. The molecule has 0 radical (unpaired) electrons. The van der Waals surface area contributed by atoms with E-state index < -0.39 is 0 Å². The molecule has 2 rings (SSSR count). The molecule has 1 nitrogen and oxygen atoms in total. The molecule has 0 fully saturated rings. The van der Waals surface area contributed by atoms with Crippen molar-refractivity contribution in [1.82, 2.24) is 0 Å². The Labute approximate surface area is 107 Å². The van der Waals surface area contributed by atoms with Gasteiger partial charge in [0.05, 0.1) is 0 Å². The molecule has 0 aromatic heterocycles. The van der Waals surface area contributed by atoms with Crippen molar-refractivity contribution in [2.45, 2.75) is 13.8 Å². The van der Waals surface area contributed by atoms with E-state index in [0.29, 0.717) is 0 Å². The standard InChI is InChI=1S/C11H10BrNS2/c1-7-8(2)15-13-11(14-7)9-3-5-10(12)6-4-9/h3-6H,1-2H3. The summed E-state index contributed by atoms with van der Waals surface area (Å²) in [6.07, 6.45) is 0. The number of nitrogens with zero attached hydrogens (tertiary/aromatic N) is 1. The highest BCUT2D eigenvalue weighted by Crippen LogP contribution is 2.36. The Kier molecular flexibility index (Phi) is 3.59. The highest BCUT2D eigenvalue weighted by molar-refractivity contribution is 9.10. The van der Waals surface area contributed by atoms with Crippen LogP contribution in [-0.2, 0) is 0 Å². The van der Waals surface area contributed by atoms with Gasteiger partial charge in [-0.05, 0) is 30.9 Å². The minimum atomic E-state index is 1.09. The second-order valence-electron chi connectivity index (χ2n) is 3.21. The Bertz CT molecular complexity index is 434. The molecule has 0 saturated heterocycles. The normalized spacial score (nSPS) is 16.6. The van der Waals surface area contributed by atoms with E-state index in [2.05, 4.69) is 46.3 Å². The molecule has 0 unspecified atom stereocenters. The van der Waals surface area contributed by atoms with Gasteiger partial charge in [-0.15, -0.1) is 0 Å². The maximum Gasteiger partial charge on any atom is 0.116 e. The predicted molar refractivity (Wildman–Crippen MR) is 74.2 cm³/mol. The van der Waals surface area contributed by atoms with Crippen LogP contribution < -0.4 is 0 Å². The zero-order valence-corrected chi connectivity index (χ0v) is 11.7. The number of allylic oxidation sites excluding steroid dienone is 2. The highest BCUT2D eigenvalue weighted by Gasteiger charge is 2.12. The van der Waals surface area contributed by atoms with Crippen molar-refractivity contribution in [2.24, 2.45) is 4.40 Å². The van der Waals surface area contributed by atoms with E-state index in [9.17, 15) is 0 Å². The van der Waals surface area contributed by atoms with Gasteiger partial charge < -0.3 is 0 Å². The van der Waals surface area contributed by atoms with Gasteiger partial charge in [0.1, 0.15) is 5.04 Å². The van der Waals surface area contributed by atoms with Gasteiger partial charge in [0, 0.05) is 26.9 Å². The van der Waals surface area contributed by atoms with Crippen molar-refractivity contribution in [3.8, 4) is 0 Å². The summed E-state index contributed by atoms with van der Waals surface area (Å²) in [4.78, 5) is 2.63. The molecule has 78 valence electrons. The van der Waals surface area contributed by atoms with Gasteiger partial charge in [-0.3, -0.25) is 0 Å². The molecular formula is C11H10BrNS2. The van der Waals surface area contributed by atoms with Crippen LogP contribution in [0.4, 0.5) is 0 Å². The lowest BCUT2D eigenvalue weighted by molar-refractivity contribution is 1.54. The number of benzene rings is 1. The molecule has 15 heavy (non-hydrogen) atoms. The minimum Gasteiger partial charge on any atom is -0.204 e. The van der Waals surface area contributed by atoms with Gasteiger partial charge in [0.2, 0.25) is 0 Å². The Hall–Kier alpha value is -0.190. The van der Waals surface area contributed by atoms with Crippen LogP contribution in [0.15, 0.2) is 42.9 Å². The van der Waals surface area contributed by atoms with E-state index in [1.165, 1.54) is 15.4 Å². The number of rotatable bonds is 1. The van der Waals surface area contributed by atoms with Crippen LogP contribution in [0.25, 0.3) is 0 Å². The molecule has 0 bridgehead atoms. The largest absolute Gasteiger partial charge is 0.204 e. The fourth-order valence-electron chi connectivity index (χ4n) is 1.11. The number of halogens is 1. The van der Waals surface area contributed by atoms with Crippen molar-refractivity contribution in [1.29, 1.82) is 0 Å². The molecule has 0 aliphatic carbocycles. The molecule has 0 amide bonds. The van der Waals surface area contributed by atoms with Crippen LogP contribution in [0.2, 0.25) is 0 Å². The minimum absolute atomic E-state index is 1.09. The monoisotopic (exact) mass is 299 g/mol. The van der Waals surface area contributed by atoms with E-state index in [0.717, 1.165) is 9.52 Å². The fraction of sp³-hybridized carbons (Fsp3) is 0.182. The summed E-state index contributed by atoms with van der Waals surface area (Å²) in [7, 11) is 0. The molecule has 1 aromatic rings. The zero-order chi connectivity index (χ0) is 10.8. The molecule has 0 N–H and O–H groups in total. The Balaban J connectivity index is 2.24. The number of thioether (sulfide) groups is 1. The quantitative estimate of drug-likeness (QED) is 0.688. The zero-order valence-electron chi connectivity index (χ0n) is 8.45. The third-order valence-electron chi connectivity index (χ3n) is 2.10. The lowest BCUT2D eigenvalue weighted by Crippen LogP contribution is -1.98. The number of hydrogen-bond donors (Lipinski definition) is 0.